The van der Waals surface area contributed by atoms with Crippen LogP contribution in [-0.2, 0) is 0 Å². The van der Waals surface area contributed by atoms with Crippen molar-refractivity contribution in [3.05, 3.63) is 96.1 Å². The average Bonchev–Trinajstić information content (AvgIpc) is 2.68. The summed E-state index contributed by atoms with van der Waals surface area (Å²) in [5.74, 6) is 0. The molecule has 0 spiro atoms. The second kappa shape index (κ2) is 8.06. The zero-order chi connectivity index (χ0) is 17.5. The van der Waals surface area contributed by atoms with Crippen LogP contribution in [0, 0.1) is 0 Å². The molecule has 0 saturated carbocycles. The maximum Gasteiger partial charge on any atom is 0.316 e. The minimum absolute atomic E-state index is 0.185. The van der Waals surface area contributed by atoms with Crippen LogP contribution < -0.4 is 10.6 Å². The van der Waals surface area contributed by atoms with E-state index in [1.807, 2.05) is 67.6 Å². The van der Waals surface area contributed by atoms with Gasteiger partial charge >= 0.3 is 6.03 Å². The minimum Gasteiger partial charge on any atom is -0.330 e. The van der Waals surface area contributed by atoms with Gasteiger partial charge in [-0.1, -0.05) is 36.4 Å². The molecule has 0 aliphatic heterocycles. The van der Waals surface area contributed by atoms with Crippen molar-refractivity contribution in [3.63, 3.8) is 0 Å². The third-order valence-corrected chi connectivity index (χ3v) is 3.93. The SMILES string of the molecule is CC(NC(=O)NC(c1ccccc1)c1ccncc1)c1ccccn1. The minimum atomic E-state index is -0.250. The highest BCUT2D eigenvalue weighted by molar-refractivity contribution is 5.75. The lowest BCUT2D eigenvalue weighted by atomic mass is 10.00. The van der Waals surface area contributed by atoms with Gasteiger partial charge in [0.05, 0.1) is 17.8 Å². The summed E-state index contributed by atoms with van der Waals surface area (Å²) in [5, 5.41) is 5.98. The van der Waals surface area contributed by atoms with E-state index in [-0.39, 0.29) is 18.1 Å². The monoisotopic (exact) mass is 332 g/mol. The first-order valence-corrected chi connectivity index (χ1v) is 8.17. The maximum atomic E-state index is 12.5. The van der Waals surface area contributed by atoms with E-state index in [0.717, 1.165) is 16.8 Å². The molecule has 2 atom stereocenters. The fourth-order valence-corrected chi connectivity index (χ4v) is 2.64. The van der Waals surface area contributed by atoms with Gasteiger partial charge in [-0.15, -0.1) is 0 Å². The molecule has 2 amide bonds. The number of nitrogens with one attached hydrogen (secondary N) is 2. The second-order valence-electron chi connectivity index (χ2n) is 5.72. The van der Waals surface area contributed by atoms with Crippen molar-refractivity contribution < 1.29 is 4.79 Å². The molecule has 5 heteroatoms. The molecule has 2 unspecified atom stereocenters. The normalized spacial score (nSPS) is 12.8. The lowest BCUT2D eigenvalue weighted by Gasteiger charge is -2.21. The van der Waals surface area contributed by atoms with Crippen LogP contribution >= 0.6 is 0 Å². The number of amides is 2. The summed E-state index contributed by atoms with van der Waals surface area (Å²) in [7, 11) is 0. The predicted octanol–water partition coefficient (Wildman–Crippen LogP) is 3.63. The Bertz CT molecular complexity index is 754. The highest BCUT2D eigenvalue weighted by Gasteiger charge is 2.18. The van der Waals surface area contributed by atoms with Crippen molar-refractivity contribution in [1.29, 1.82) is 0 Å². The topological polar surface area (TPSA) is 66.9 Å². The summed E-state index contributed by atoms with van der Waals surface area (Å²) >= 11 is 0. The number of pyridine rings is 2. The Labute approximate surface area is 147 Å². The highest BCUT2D eigenvalue weighted by atomic mass is 16.2. The molecule has 1 aromatic carbocycles. The van der Waals surface area contributed by atoms with Crippen LogP contribution in [0.15, 0.2) is 79.3 Å². The van der Waals surface area contributed by atoms with E-state index < -0.39 is 0 Å². The Morgan fingerprint density at radius 2 is 1.52 bits per heavy atom. The van der Waals surface area contributed by atoms with Gasteiger partial charge in [0.2, 0.25) is 0 Å². The number of hydrogen-bond acceptors (Lipinski definition) is 3. The van der Waals surface area contributed by atoms with E-state index in [1.54, 1.807) is 18.6 Å². The number of aromatic nitrogens is 2. The Hall–Kier alpha value is -3.21. The largest absolute Gasteiger partial charge is 0.330 e. The predicted molar refractivity (Wildman–Crippen MR) is 96.8 cm³/mol. The van der Waals surface area contributed by atoms with Crippen LogP contribution in [0.3, 0.4) is 0 Å². The van der Waals surface area contributed by atoms with E-state index >= 15 is 0 Å². The van der Waals surface area contributed by atoms with Gasteiger partial charge in [0, 0.05) is 18.6 Å². The summed E-state index contributed by atoms with van der Waals surface area (Å²) in [6.07, 6.45) is 5.16. The average molecular weight is 332 g/mol. The molecular weight excluding hydrogens is 312 g/mol. The van der Waals surface area contributed by atoms with Crippen LogP contribution in [0.2, 0.25) is 0 Å². The number of nitrogens with zero attached hydrogens (tertiary/aromatic N) is 2. The first-order valence-electron chi connectivity index (χ1n) is 8.17. The molecule has 2 N–H and O–H groups in total. The first-order chi connectivity index (χ1) is 12.2. The first kappa shape index (κ1) is 16.6. The molecule has 25 heavy (non-hydrogen) atoms. The van der Waals surface area contributed by atoms with Crippen LogP contribution in [0.5, 0.6) is 0 Å². The van der Waals surface area contributed by atoms with Gasteiger partial charge in [-0.2, -0.15) is 0 Å². The number of rotatable bonds is 5. The van der Waals surface area contributed by atoms with Crippen molar-refractivity contribution in [2.45, 2.75) is 19.0 Å². The molecular formula is C20H20N4O. The van der Waals surface area contributed by atoms with E-state index in [1.165, 1.54) is 0 Å². The number of hydrogen-bond donors (Lipinski definition) is 2. The van der Waals surface area contributed by atoms with Gasteiger partial charge < -0.3 is 10.6 Å². The molecule has 3 rings (SSSR count). The number of urea groups is 1. The molecule has 5 nitrogen and oxygen atoms in total. The van der Waals surface area contributed by atoms with Crippen molar-refractivity contribution in [2.24, 2.45) is 0 Å². The summed E-state index contributed by atoms with van der Waals surface area (Å²) < 4.78 is 0. The Balaban J connectivity index is 1.75. The third-order valence-electron chi connectivity index (χ3n) is 3.93. The van der Waals surface area contributed by atoms with Gasteiger partial charge in [-0.05, 0) is 42.3 Å². The van der Waals surface area contributed by atoms with Crippen molar-refractivity contribution in [3.8, 4) is 0 Å². The van der Waals surface area contributed by atoms with Gasteiger partial charge in [0.1, 0.15) is 0 Å². The molecule has 0 saturated heterocycles. The van der Waals surface area contributed by atoms with Crippen LogP contribution in [-0.4, -0.2) is 16.0 Å². The molecule has 2 aromatic heterocycles. The number of carbonyl (C=O) groups is 1. The van der Waals surface area contributed by atoms with Crippen molar-refractivity contribution in [1.82, 2.24) is 20.6 Å². The summed E-state index contributed by atoms with van der Waals surface area (Å²) in [5.41, 5.74) is 2.80. The lowest BCUT2D eigenvalue weighted by Crippen LogP contribution is -2.39. The molecule has 0 fully saturated rings. The Kier molecular flexibility index (Phi) is 5.36. The second-order valence-corrected chi connectivity index (χ2v) is 5.72. The van der Waals surface area contributed by atoms with Gasteiger partial charge in [0.25, 0.3) is 0 Å². The van der Waals surface area contributed by atoms with E-state index in [4.69, 9.17) is 0 Å². The molecule has 2 heterocycles. The third kappa shape index (κ3) is 4.41. The number of benzene rings is 1. The quantitative estimate of drug-likeness (QED) is 0.750. The molecule has 0 aliphatic carbocycles. The van der Waals surface area contributed by atoms with E-state index in [2.05, 4.69) is 20.6 Å². The standard InChI is InChI=1S/C20H20N4O/c1-15(18-9-5-6-12-22-18)23-20(25)24-19(16-7-3-2-4-8-16)17-10-13-21-14-11-17/h2-15,19H,1H3,(H2,23,24,25). The molecule has 3 aromatic rings. The van der Waals surface area contributed by atoms with E-state index in [0.29, 0.717) is 0 Å². The fourth-order valence-electron chi connectivity index (χ4n) is 2.64. The summed E-state index contributed by atoms with van der Waals surface area (Å²) in [6, 6.07) is 18.6. The van der Waals surface area contributed by atoms with Gasteiger partial charge in [-0.3, -0.25) is 9.97 Å². The maximum absolute atomic E-state index is 12.5. The Morgan fingerprint density at radius 3 is 2.20 bits per heavy atom. The fraction of sp³-hybridized carbons (Fsp3) is 0.150. The van der Waals surface area contributed by atoms with Crippen molar-refractivity contribution in [2.75, 3.05) is 0 Å². The van der Waals surface area contributed by atoms with Crippen LogP contribution in [0.4, 0.5) is 4.79 Å². The Morgan fingerprint density at radius 1 is 0.840 bits per heavy atom. The smallest absolute Gasteiger partial charge is 0.316 e. The molecule has 0 radical (unpaired) electrons. The molecule has 126 valence electrons. The van der Waals surface area contributed by atoms with Gasteiger partial charge in [0.15, 0.2) is 0 Å². The van der Waals surface area contributed by atoms with Crippen LogP contribution in [0.1, 0.15) is 35.8 Å². The number of carbonyl (C=O) groups excluding carboxylic acids is 1. The van der Waals surface area contributed by atoms with E-state index in [9.17, 15) is 4.79 Å². The molecule has 0 aliphatic rings. The van der Waals surface area contributed by atoms with Gasteiger partial charge in [-0.25, -0.2) is 4.79 Å². The van der Waals surface area contributed by atoms with Crippen LogP contribution in [0.25, 0.3) is 0 Å². The molecule has 0 bridgehead atoms. The summed E-state index contributed by atoms with van der Waals surface area (Å²) in [4.78, 5) is 20.8. The highest BCUT2D eigenvalue weighted by Crippen LogP contribution is 2.21. The summed E-state index contributed by atoms with van der Waals surface area (Å²) in [6.45, 7) is 1.91. The zero-order valence-electron chi connectivity index (χ0n) is 14.0. The lowest BCUT2D eigenvalue weighted by molar-refractivity contribution is 0.235. The van der Waals surface area contributed by atoms with Crippen molar-refractivity contribution >= 4 is 6.03 Å². The zero-order valence-corrected chi connectivity index (χ0v) is 14.0.